The lowest BCUT2D eigenvalue weighted by Gasteiger charge is -2.10. The zero-order valence-corrected chi connectivity index (χ0v) is 14.7. The van der Waals surface area contributed by atoms with Crippen LogP contribution in [-0.4, -0.2) is 13.0 Å². The molecule has 128 valence electrons. The van der Waals surface area contributed by atoms with E-state index in [1.54, 1.807) is 19.3 Å². The van der Waals surface area contributed by atoms with Crippen LogP contribution in [0.3, 0.4) is 0 Å². The zero-order valence-electron chi connectivity index (χ0n) is 14.7. The molecule has 0 spiro atoms. The summed E-state index contributed by atoms with van der Waals surface area (Å²) in [7, 11) is 1.57. The third kappa shape index (κ3) is 4.95. The second-order valence-electron chi connectivity index (χ2n) is 5.83. The van der Waals surface area contributed by atoms with Gasteiger partial charge in [0.2, 0.25) is 0 Å². The molecule has 4 heteroatoms. The highest BCUT2D eigenvalue weighted by Gasteiger charge is 2.10. The van der Waals surface area contributed by atoms with Gasteiger partial charge in [0, 0.05) is 5.69 Å². The number of carbonyl (C=O) groups is 1. The molecule has 25 heavy (non-hydrogen) atoms. The normalized spacial score (nSPS) is 12.2. The second-order valence-corrected chi connectivity index (χ2v) is 5.83. The molecule has 2 aromatic rings. The monoisotopic (exact) mass is 334 g/mol. The van der Waals surface area contributed by atoms with Crippen LogP contribution in [0.5, 0.6) is 5.75 Å². The molecule has 1 amide bonds. The summed E-state index contributed by atoms with van der Waals surface area (Å²) in [6, 6.07) is 16.9. The smallest absolute Gasteiger partial charge is 0.266 e. The van der Waals surface area contributed by atoms with Crippen molar-refractivity contribution >= 4 is 17.7 Å². The van der Waals surface area contributed by atoms with Crippen LogP contribution in [0.1, 0.15) is 37.3 Å². The minimum atomic E-state index is -0.429. The summed E-state index contributed by atoms with van der Waals surface area (Å²) in [5.74, 6) is 0.723. The molecule has 0 aliphatic carbocycles. The molecule has 2 rings (SSSR count). The van der Waals surface area contributed by atoms with Gasteiger partial charge in [0.1, 0.15) is 17.4 Å². The lowest BCUT2D eigenvalue weighted by molar-refractivity contribution is -0.112. The molecule has 0 saturated carbocycles. The van der Waals surface area contributed by atoms with Gasteiger partial charge in [-0.2, -0.15) is 5.26 Å². The quantitative estimate of drug-likeness (QED) is 0.612. The SMILES string of the molecule is CC[C@H](C)c1ccc(NC(=O)/C(C#N)=C/c2cccc(OC)c2)cc1. The highest BCUT2D eigenvalue weighted by atomic mass is 16.5. The number of nitrogens with zero attached hydrogens (tertiary/aromatic N) is 1. The average molecular weight is 334 g/mol. The predicted octanol–water partition coefficient (Wildman–Crippen LogP) is 4.75. The van der Waals surface area contributed by atoms with Gasteiger partial charge in [-0.1, -0.05) is 38.1 Å². The minimum Gasteiger partial charge on any atom is -0.497 e. The second kappa shape index (κ2) is 8.70. The van der Waals surface area contributed by atoms with Crippen LogP contribution in [-0.2, 0) is 4.79 Å². The molecular weight excluding hydrogens is 312 g/mol. The van der Waals surface area contributed by atoms with Gasteiger partial charge in [0.25, 0.3) is 5.91 Å². The first-order valence-corrected chi connectivity index (χ1v) is 8.24. The van der Waals surface area contributed by atoms with E-state index in [4.69, 9.17) is 4.74 Å². The van der Waals surface area contributed by atoms with Crippen molar-refractivity contribution in [3.63, 3.8) is 0 Å². The fourth-order valence-electron chi connectivity index (χ4n) is 2.38. The molecule has 0 fully saturated rings. The van der Waals surface area contributed by atoms with Crippen molar-refractivity contribution in [3.8, 4) is 11.8 Å². The Morgan fingerprint density at radius 2 is 2.00 bits per heavy atom. The van der Waals surface area contributed by atoms with Crippen LogP contribution in [0.15, 0.2) is 54.1 Å². The Bertz CT molecular complexity index is 801. The number of nitrogens with one attached hydrogen (secondary N) is 1. The van der Waals surface area contributed by atoms with E-state index in [1.165, 1.54) is 5.56 Å². The van der Waals surface area contributed by atoms with Crippen LogP contribution in [0, 0.1) is 11.3 Å². The Balaban J connectivity index is 2.14. The first-order chi connectivity index (χ1) is 12.1. The van der Waals surface area contributed by atoms with E-state index in [2.05, 4.69) is 19.2 Å². The fraction of sp³-hybridized carbons (Fsp3) is 0.238. The fourth-order valence-corrected chi connectivity index (χ4v) is 2.38. The van der Waals surface area contributed by atoms with Gasteiger partial charge in [-0.05, 0) is 53.8 Å². The van der Waals surface area contributed by atoms with Gasteiger partial charge in [-0.25, -0.2) is 0 Å². The molecule has 1 N–H and O–H groups in total. The molecule has 0 bridgehead atoms. The molecule has 0 aromatic heterocycles. The summed E-state index contributed by atoms with van der Waals surface area (Å²) in [6.07, 6.45) is 2.61. The van der Waals surface area contributed by atoms with Gasteiger partial charge in [0.15, 0.2) is 0 Å². The van der Waals surface area contributed by atoms with Crippen molar-refractivity contribution in [1.29, 1.82) is 5.26 Å². The first-order valence-electron chi connectivity index (χ1n) is 8.24. The van der Waals surface area contributed by atoms with Gasteiger partial charge in [-0.3, -0.25) is 4.79 Å². The van der Waals surface area contributed by atoms with Crippen molar-refractivity contribution in [2.75, 3.05) is 12.4 Å². The molecule has 0 unspecified atom stereocenters. The number of hydrogen-bond donors (Lipinski definition) is 1. The van der Waals surface area contributed by atoms with Gasteiger partial charge < -0.3 is 10.1 Å². The number of rotatable bonds is 6. The molecule has 0 saturated heterocycles. The molecule has 0 aliphatic rings. The molecule has 2 aromatic carbocycles. The van der Waals surface area contributed by atoms with Crippen molar-refractivity contribution in [3.05, 3.63) is 65.2 Å². The number of ether oxygens (including phenoxy) is 1. The van der Waals surface area contributed by atoms with Crippen LogP contribution < -0.4 is 10.1 Å². The van der Waals surface area contributed by atoms with E-state index in [9.17, 15) is 10.1 Å². The summed E-state index contributed by atoms with van der Waals surface area (Å²) >= 11 is 0. The number of anilines is 1. The lowest BCUT2D eigenvalue weighted by Crippen LogP contribution is -2.13. The van der Waals surface area contributed by atoms with E-state index in [0.29, 0.717) is 17.4 Å². The molecule has 0 aliphatic heterocycles. The van der Waals surface area contributed by atoms with Gasteiger partial charge in [0.05, 0.1) is 7.11 Å². The van der Waals surface area contributed by atoms with E-state index in [0.717, 1.165) is 12.0 Å². The third-order valence-corrected chi connectivity index (χ3v) is 4.12. The molecule has 0 radical (unpaired) electrons. The Kier molecular flexibility index (Phi) is 6.36. The summed E-state index contributed by atoms with van der Waals surface area (Å²) in [6.45, 7) is 4.31. The largest absolute Gasteiger partial charge is 0.497 e. The molecule has 0 heterocycles. The van der Waals surface area contributed by atoms with E-state index >= 15 is 0 Å². The number of amides is 1. The van der Waals surface area contributed by atoms with Crippen molar-refractivity contribution in [2.24, 2.45) is 0 Å². The maximum absolute atomic E-state index is 12.3. The van der Waals surface area contributed by atoms with Crippen LogP contribution >= 0.6 is 0 Å². The standard InChI is InChI=1S/C21H22N2O2/c1-4-15(2)17-8-10-19(11-9-17)23-21(24)18(14-22)12-16-6-5-7-20(13-16)25-3/h5-13,15H,4H2,1-3H3,(H,23,24)/b18-12+/t15-/m0/s1. The number of hydrogen-bond acceptors (Lipinski definition) is 3. The molecule has 4 nitrogen and oxygen atoms in total. The summed E-state index contributed by atoms with van der Waals surface area (Å²) < 4.78 is 5.15. The van der Waals surface area contributed by atoms with Gasteiger partial charge in [-0.15, -0.1) is 0 Å². The summed E-state index contributed by atoms with van der Waals surface area (Å²) in [4.78, 5) is 12.3. The third-order valence-electron chi connectivity index (χ3n) is 4.12. The number of benzene rings is 2. The zero-order chi connectivity index (χ0) is 18.2. The highest BCUT2D eigenvalue weighted by Crippen LogP contribution is 2.21. The number of nitriles is 1. The average Bonchev–Trinajstić information content (AvgIpc) is 2.66. The summed E-state index contributed by atoms with van der Waals surface area (Å²) in [5, 5.41) is 12.1. The van der Waals surface area contributed by atoms with Crippen LogP contribution in [0.4, 0.5) is 5.69 Å². The minimum absolute atomic E-state index is 0.0410. The maximum Gasteiger partial charge on any atom is 0.266 e. The van der Waals surface area contributed by atoms with Crippen LogP contribution in [0.25, 0.3) is 6.08 Å². The Hall–Kier alpha value is -3.06. The predicted molar refractivity (Wildman–Crippen MR) is 100 cm³/mol. The molecule has 1 atom stereocenters. The number of methoxy groups -OCH3 is 1. The lowest BCUT2D eigenvalue weighted by atomic mass is 9.98. The topological polar surface area (TPSA) is 62.1 Å². The maximum atomic E-state index is 12.3. The van der Waals surface area contributed by atoms with E-state index < -0.39 is 5.91 Å². The van der Waals surface area contributed by atoms with Crippen molar-refractivity contribution in [1.82, 2.24) is 0 Å². The van der Waals surface area contributed by atoms with Crippen molar-refractivity contribution in [2.45, 2.75) is 26.2 Å². The Labute approximate surface area is 148 Å². The Morgan fingerprint density at radius 3 is 2.60 bits per heavy atom. The highest BCUT2D eigenvalue weighted by molar-refractivity contribution is 6.09. The van der Waals surface area contributed by atoms with Crippen LogP contribution in [0.2, 0.25) is 0 Å². The van der Waals surface area contributed by atoms with Gasteiger partial charge >= 0.3 is 0 Å². The Morgan fingerprint density at radius 1 is 1.28 bits per heavy atom. The van der Waals surface area contributed by atoms with E-state index in [1.807, 2.05) is 48.5 Å². The first kappa shape index (κ1) is 18.3. The number of carbonyl (C=O) groups excluding carboxylic acids is 1. The summed E-state index contributed by atoms with van der Waals surface area (Å²) in [5.41, 5.74) is 2.68. The van der Waals surface area contributed by atoms with Crippen molar-refractivity contribution < 1.29 is 9.53 Å². The molecular formula is C21H22N2O2. The van der Waals surface area contributed by atoms with E-state index in [-0.39, 0.29) is 5.57 Å².